The molecule has 208 valence electrons. The van der Waals surface area contributed by atoms with E-state index >= 15 is 0 Å². The summed E-state index contributed by atoms with van der Waals surface area (Å²) in [5, 5.41) is 3.00. The first-order valence-corrected chi connectivity index (χ1v) is 13.8. The number of aromatic nitrogens is 1. The quantitative estimate of drug-likeness (QED) is 0.501. The summed E-state index contributed by atoms with van der Waals surface area (Å²) < 4.78 is 5.61. The van der Waals surface area contributed by atoms with Gasteiger partial charge in [-0.15, -0.1) is 0 Å². The lowest BCUT2D eigenvalue weighted by Crippen LogP contribution is -2.40. The van der Waals surface area contributed by atoms with Crippen LogP contribution in [0.15, 0.2) is 41.7 Å². The number of aryl methyl sites for hydroxylation is 2. The van der Waals surface area contributed by atoms with Crippen LogP contribution in [0.3, 0.4) is 0 Å². The smallest absolute Gasteiger partial charge is 0.253 e. The molecule has 2 amide bonds. The molecule has 8 heteroatoms. The standard InChI is InChI=1S/C31H40N4O4/c1-6-29(36)34-12-8-23(9-13-34)24-17-26(30(37)32-19-27-20(3)16-21(4)33-31(27)38)22(5)28(18-24)35(7-2)25-10-14-39-15-11-25/h6,8,16-18,25H,1,7,9-15,19H2,2-5H3,(H,32,37)(H,33,38). The van der Waals surface area contributed by atoms with E-state index in [9.17, 15) is 14.4 Å². The maximum absolute atomic E-state index is 13.6. The van der Waals surface area contributed by atoms with Gasteiger partial charge in [0.1, 0.15) is 0 Å². The number of nitrogens with zero attached hydrogens (tertiary/aromatic N) is 2. The molecule has 2 N–H and O–H groups in total. The highest BCUT2D eigenvalue weighted by Crippen LogP contribution is 2.34. The second-order valence-corrected chi connectivity index (χ2v) is 10.4. The van der Waals surface area contributed by atoms with Crippen molar-refractivity contribution in [1.82, 2.24) is 15.2 Å². The number of pyridine rings is 1. The number of benzene rings is 1. The van der Waals surface area contributed by atoms with Gasteiger partial charge >= 0.3 is 0 Å². The van der Waals surface area contributed by atoms with Gasteiger partial charge in [-0.3, -0.25) is 14.4 Å². The maximum Gasteiger partial charge on any atom is 0.253 e. The van der Waals surface area contributed by atoms with E-state index in [-0.39, 0.29) is 23.9 Å². The van der Waals surface area contributed by atoms with E-state index in [1.54, 1.807) is 4.90 Å². The Balaban J connectivity index is 1.70. The summed E-state index contributed by atoms with van der Waals surface area (Å²) in [6.07, 6.45) is 6.00. The molecule has 1 saturated heterocycles. The number of nitrogens with one attached hydrogen (secondary N) is 2. The van der Waals surface area contributed by atoms with Gasteiger partial charge in [0.15, 0.2) is 0 Å². The number of anilines is 1. The number of rotatable bonds is 8. The second-order valence-electron chi connectivity index (χ2n) is 10.4. The van der Waals surface area contributed by atoms with E-state index in [4.69, 9.17) is 4.74 Å². The molecular formula is C31H40N4O4. The highest BCUT2D eigenvalue weighted by Gasteiger charge is 2.26. The van der Waals surface area contributed by atoms with E-state index in [1.807, 2.05) is 32.9 Å². The van der Waals surface area contributed by atoms with E-state index in [1.165, 1.54) is 6.08 Å². The predicted octanol–water partition coefficient (Wildman–Crippen LogP) is 4.04. The van der Waals surface area contributed by atoms with Crippen molar-refractivity contribution in [3.63, 3.8) is 0 Å². The molecule has 0 bridgehead atoms. The average Bonchev–Trinajstić information content (AvgIpc) is 2.94. The SMILES string of the molecule is C=CC(=O)N1CC=C(c2cc(C(=O)NCc3c(C)cc(C)[nH]c3=O)c(C)c(N(CC)C3CCOCC3)c2)CC1. The van der Waals surface area contributed by atoms with Gasteiger partial charge < -0.3 is 24.8 Å². The van der Waals surface area contributed by atoms with Crippen LogP contribution < -0.4 is 15.8 Å². The Morgan fingerprint density at radius 1 is 1.21 bits per heavy atom. The summed E-state index contributed by atoms with van der Waals surface area (Å²) in [5.41, 5.74) is 6.69. The summed E-state index contributed by atoms with van der Waals surface area (Å²) in [6.45, 7) is 15.0. The molecule has 4 rings (SSSR count). The van der Waals surface area contributed by atoms with Crippen molar-refractivity contribution in [1.29, 1.82) is 0 Å². The molecule has 0 aliphatic carbocycles. The molecule has 0 unspecified atom stereocenters. The van der Waals surface area contributed by atoms with E-state index < -0.39 is 0 Å². The summed E-state index contributed by atoms with van der Waals surface area (Å²) in [7, 11) is 0. The summed E-state index contributed by atoms with van der Waals surface area (Å²) in [5.74, 6) is -0.286. The Hall–Kier alpha value is -3.65. The molecule has 0 saturated carbocycles. The first kappa shape index (κ1) is 28.4. The summed E-state index contributed by atoms with van der Waals surface area (Å²) in [6, 6.07) is 6.39. The summed E-state index contributed by atoms with van der Waals surface area (Å²) in [4.78, 5) is 45.2. The molecule has 1 aromatic heterocycles. The number of H-pyrrole nitrogens is 1. The van der Waals surface area contributed by atoms with E-state index in [2.05, 4.69) is 40.8 Å². The molecule has 2 aliphatic rings. The lowest BCUT2D eigenvalue weighted by atomic mass is 9.92. The number of carbonyl (C=O) groups excluding carboxylic acids is 2. The number of amides is 2. The summed E-state index contributed by atoms with van der Waals surface area (Å²) >= 11 is 0. The third kappa shape index (κ3) is 6.33. The Kier molecular flexibility index (Phi) is 9.07. The molecule has 0 radical (unpaired) electrons. The van der Waals surface area contributed by atoms with Crippen molar-refractivity contribution in [2.24, 2.45) is 0 Å². The van der Waals surface area contributed by atoms with Crippen molar-refractivity contribution < 1.29 is 14.3 Å². The molecule has 0 atom stereocenters. The molecule has 8 nitrogen and oxygen atoms in total. The minimum atomic E-state index is -0.210. The number of hydrogen-bond acceptors (Lipinski definition) is 5. The van der Waals surface area contributed by atoms with Crippen molar-refractivity contribution in [3.8, 4) is 0 Å². The predicted molar refractivity (Wildman–Crippen MR) is 155 cm³/mol. The Morgan fingerprint density at radius 3 is 2.56 bits per heavy atom. The van der Waals surface area contributed by atoms with Crippen molar-refractivity contribution in [2.75, 3.05) is 37.7 Å². The van der Waals surface area contributed by atoms with Gasteiger partial charge in [-0.1, -0.05) is 12.7 Å². The van der Waals surface area contributed by atoms with Gasteiger partial charge in [-0.25, -0.2) is 0 Å². The van der Waals surface area contributed by atoms with Crippen molar-refractivity contribution in [2.45, 2.75) is 59.5 Å². The molecular weight excluding hydrogens is 492 g/mol. The van der Waals surface area contributed by atoms with E-state index in [0.717, 1.165) is 66.2 Å². The zero-order chi connectivity index (χ0) is 28.1. The number of ether oxygens (including phenoxy) is 1. The largest absolute Gasteiger partial charge is 0.381 e. The van der Waals surface area contributed by atoms with Crippen LogP contribution in [-0.2, 0) is 16.1 Å². The van der Waals surface area contributed by atoms with Crippen LogP contribution in [0.2, 0.25) is 0 Å². The van der Waals surface area contributed by atoms with Crippen LogP contribution in [0.25, 0.3) is 5.57 Å². The molecule has 1 aromatic carbocycles. The topological polar surface area (TPSA) is 94.7 Å². The Morgan fingerprint density at radius 2 is 1.95 bits per heavy atom. The molecule has 2 aliphatic heterocycles. The Labute approximate surface area is 230 Å². The van der Waals surface area contributed by atoms with Crippen LogP contribution in [0, 0.1) is 20.8 Å². The molecule has 1 fully saturated rings. The lowest BCUT2D eigenvalue weighted by Gasteiger charge is -2.37. The zero-order valence-corrected chi connectivity index (χ0v) is 23.6. The normalized spacial score (nSPS) is 16.0. The van der Waals surface area contributed by atoms with Crippen LogP contribution in [0.5, 0.6) is 0 Å². The van der Waals surface area contributed by atoms with Crippen LogP contribution in [-0.4, -0.2) is 60.6 Å². The number of carbonyl (C=O) groups is 2. The minimum absolute atomic E-state index is 0.0759. The van der Waals surface area contributed by atoms with Gasteiger partial charge in [0.05, 0.1) is 0 Å². The van der Waals surface area contributed by atoms with Crippen LogP contribution in [0.1, 0.15) is 64.5 Å². The molecule has 0 spiro atoms. The van der Waals surface area contributed by atoms with Gasteiger partial charge in [-0.05, 0) is 93.5 Å². The monoisotopic (exact) mass is 532 g/mol. The maximum atomic E-state index is 13.6. The number of hydrogen-bond donors (Lipinski definition) is 2. The van der Waals surface area contributed by atoms with Crippen LogP contribution >= 0.6 is 0 Å². The van der Waals surface area contributed by atoms with Gasteiger partial charge in [-0.2, -0.15) is 0 Å². The van der Waals surface area contributed by atoms with Crippen molar-refractivity contribution in [3.05, 3.63) is 80.8 Å². The third-order valence-electron chi connectivity index (χ3n) is 7.89. The second kappa shape index (κ2) is 12.5. The molecule has 2 aromatic rings. The fourth-order valence-electron chi connectivity index (χ4n) is 5.67. The fraction of sp³-hybridized carbons (Fsp3) is 0.452. The van der Waals surface area contributed by atoms with Crippen molar-refractivity contribution >= 4 is 23.1 Å². The third-order valence-corrected chi connectivity index (χ3v) is 7.89. The Bertz CT molecular complexity index is 1340. The van der Waals surface area contributed by atoms with Gasteiger partial charge in [0, 0.05) is 67.9 Å². The highest BCUT2D eigenvalue weighted by molar-refractivity contribution is 5.98. The first-order valence-electron chi connectivity index (χ1n) is 13.8. The van der Waals surface area contributed by atoms with E-state index in [0.29, 0.717) is 36.7 Å². The van der Waals surface area contributed by atoms with Gasteiger partial charge in [0.25, 0.3) is 11.5 Å². The average molecular weight is 533 g/mol. The highest BCUT2D eigenvalue weighted by atomic mass is 16.5. The molecule has 3 heterocycles. The minimum Gasteiger partial charge on any atom is -0.381 e. The lowest BCUT2D eigenvalue weighted by molar-refractivity contribution is -0.125. The molecule has 39 heavy (non-hydrogen) atoms. The zero-order valence-electron chi connectivity index (χ0n) is 23.6. The number of aromatic amines is 1. The van der Waals surface area contributed by atoms with Crippen LogP contribution in [0.4, 0.5) is 5.69 Å². The first-order chi connectivity index (χ1) is 18.7. The fourth-order valence-corrected chi connectivity index (χ4v) is 5.67. The van der Waals surface area contributed by atoms with Gasteiger partial charge in [0.2, 0.25) is 5.91 Å².